The van der Waals surface area contributed by atoms with Gasteiger partial charge in [-0.15, -0.1) is 12.4 Å². The van der Waals surface area contributed by atoms with Crippen molar-refractivity contribution in [2.75, 3.05) is 37.7 Å². The molecule has 0 amide bonds. The van der Waals surface area contributed by atoms with Gasteiger partial charge in [0.05, 0.1) is 23.5 Å². The highest BCUT2D eigenvalue weighted by Gasteiger charge is 2.26. The lowest BCUT2D eigenvalue weighted by molar-refractivity contribution is 0.190. The number of sulfonamides is 1. The van der Waals surface area contributed by atoms with Crippen molar-refractivity contribution in [1.29, 1.82) is 0 Å². The van der Waals surface area contributed by atoms with Crippen molar-refractivity contribution in [3.63, 3.8) is 0 Å². The van der Waals surface area contributed by atoms with E-state index in [-0.39, 0.29) is 18.4 Å². The average Bonchev–Trinajstić information content (AvgIpc) is 2.96. The Kier molecular flexibility index (Phi) is 5.81. The SMILES string of the molecule is CN1CCNCC1c1noc(-c2ccccc2NS(C)(=O)=O)n1.Cl. The Morgan fingerprint density at radius 2 is 2.12 bits per heavy atom. The zero-order chi connectivity index (χ0) is 16.4. The minimum Gasteiger partial charge on any atom is -0.334 e. The fourth-order valence-corrected chi connectivity index (χ4v) is 3.11. The van der Waals surface area contributed by atoms with E-state index in [4.69, 9.17) is 4.52 Å². The van der Waals surface area contributed by atoms with E-state index >= 15 is 0 Å². The topological polar surface area (TPSA) is 100 Å². The molecule has 2 aromatic rings. The quantitative estimate of drug-likeness (QED) is 0.827. The van der Waals surface area contributed by atoms with Crippen LogP contribution in [0.4, 0.5) is 5.69 Å². The Labute approximate surface area is 147 Å². The first kappa shape index (κ1) is 18.7. The Morgan fingerprint density at radius 3 is 2.83 bits per heavy atom. The van der Waals surface area contributed by atoms with Crippen LogP contribution >= 0.6 is 12.4 Å². The van der Waals surface area contributed by atoms with Crippen LogP contribution in [0.1, 0.15) is 11.9 Å². The monoisotopic (exact) mass is 373 g/mol. The van der Waals surface area contributed by atoms with E-state index in [1.807, 2.05) is 7.05 Å². The van der Waals surface area contributed by atoms with Crippen LogP contribution in [-0.2, 0) is 10.0 Å². The van der Waals surface area contributed by atoms with E-state index in [0.29, 0.717) is 23.0 Å². The van der Waals surface area contributed by atoms with Crippen molar-refractivity contribution in [3.8, 4) is 11.5 Å². The van der Waals surface area contributed by atoms with Gasteiger partial charge in [-0.3, -0.25) is 9.62 Å². The van der Waals surface area contributed by atoms with Gasteiger partial charge in [0.1, 0.15) is 0 Å². The molecule has 0 saturated carbocycles. The van der Waals surface area contributed by atoms with Gasteiger partial charge in [-0.05, 0) is 19.2 Å². The maximum absolute atomic E-state index is 11.5. The Balaban J connectivity index is 0.00000208. The molecular formula is C14H20ClN5O3S. The summed E-state index contributed by atoms with van der Waals surface area (Å²) < 4.78 is 30.8. The minimum atomic E-state index is -3.39. The molecule has 2 N–H and O–H groups in total. The number of nitrogens with zero attached hydrogens (tertiary/aromatic N) is 3. The highest BCUT2D eigenvalue weighted by Crippen LogP contribution is 2.28. The van der Waals surface area contributed by atoms with Gasteiger partial charge in [0.25, 0.3) is 5.89 Å². The standard InChI is InChI=1S/C14H19N5O3S.ClH/c1-19-8-7-15-9-12(19)13-16-14(22-17-13)10-5-3-4-6-11(10)18-23(2,20)21;/h3-6,12,15,18H,7-9H2,1-2H3;1H. The largest absolute Gasteiger partial charge is 0.334 e. The van der Waals surface area contributed by atoms with E-state index < -0.39 is 10.0 Å². The fourth-order valence-electron chi connectivity index (χ4n) is 2.53. The summed E-state index contributed by atoms with van der Waals surface area (Å²) in [5, 5.41) is 7.36. The molecule has 3 rings (SSSR count). The third-order valence-corrected chi connectivity index (χ3v) is 4.29. The second-order valence-electron chi connectivity index (χ2n) is 5.58. The number of hydrogen-bond acceptors (Lipinski definition) is 7. The first-order chi connectivity index (χ1) is 10.9. The molecule has 0 radical (unpaired) electrons. The number of nitrogens with one attached hydrogen (secondary N) is 2. The summed E-state index contributed by atoms with van der Waals surface area (Å²) >= 11 is 0. The van der Waals surface area contributed by atoms with Crippen LogP contribution in [0.3, 0.4) is 0 Å². The van der Waals surface area contributed by atoms with Gasteiger partial charge in [0.2, 0.25) is 10.0 Å². The molecule has 1 aromatic heterocycles. The minimum absolute atomic E-state index is 0. The summed E-state index contributed by atoms with van der Waals surface area (Å²) in [6, 6.07) is 6.98. The zero-order valence-electron chi connectivity index (χ0n) is 13.4. The molecule has 8 nitrogen and oxygen atoms in total. The number of benzene rings is 1. The van der Waals surface area contributed by atoms with Crippen molar-refractivity contribution in [3.05, 3.63) is 30.1 Å². The maximum atomic E-state index is 11.5. The number of rotatable bonds is 4. The van der Waals surface area contributed by atoms with E-state index in [1.165, 1.54) is 0 Å². The lowest BCUT2D eigenvalue weighted by Crippen LogP contribution is -2.44. The van der Waals surface area contributed by atoms with Crippen LogP contribution in [0.15, 0.2) is 28.8 Å². The maximum Gasteiger partial charge on any atom is 0.260 e. The van der Waals surface area contributed by atoms with Gasteiger partial charge in [-0.25, -0.2) is 8.42 Å². The predicted octanol–water partition coefficient (Wildman–Crippen LogP) is 1.11. The molecule has 24 heavy (non-hydrogen) atoms. The third-order valence-electron chi connectivity index (χ3n) is 3.70. The molecule has 1 saturated heterocycles. The number of hydrogen-bond donors (Lipinski definition) is 2. The normalized spacial score (nSPS) is 18.8. The van der Waals surface area contributed by atoms with E-state index in [1.54, 1.807) is 24.3 Å². The number of aromatic nitrogens is 2. The number of anilines is 1. The van der Waals surface area contributed by atoms with Crippen LogP contribution in [-0.4, -0.2) is 56.4 Å². The molecule has 132 valence electrons. The molecule has 0 bridgehead atoms. The molecule has 1 fully saturated rings. The summed E-state index contributed by atoms with van der Waals surface area (Å²) in [4.78, 5) is 6.61. The van der Waals surface area contributed by atoms with Gasteiger partial charge in [-0.1, -0.05) is 17.3 Å². The molecule has 1 unspecified atom stereocenters. The second kappa shape index (κ2) is 7.47. The number of halogens is 1. The molecule has 1 aliphatic rings. The number of likely N-dealkylation sites (N-methyl/N-ethyl adjacent to an activating group) is 1. The average molecular weight is 374 g/mol. The van der Waals surface area contributed by atoms with Gasteiger partial charge in [0.15, 0.2) is 5.82 Å². The van der Waals surface area contributed by atoms with Crippen molar-refractivity contribution in [2.45, 2.75) is 6.04 Å². The molecule has 1 atom stereocenters. The lowest BCUT2D eigenvalue weighted by Gasteiger charge is -2.30. The van der Waals surface area contributed by atoms with E-state index in [9.17, 15) is 8.42 Å². The highest BCUT2D eigenvalue weighted by molar-refractivity contribution is 7.92. The van der Waals surface area contributed by atoms with Gasteiger partial charge >= 0.3 is 0 Å². The van der Waals surface area contributed by atoms with Crippen LogP contribution in [0.25, 0.3) is 11.5 Å². The Morgan fingerprint density at radius 1 is 1.38 bits per heavy atom. The molecule has 0 spiro atoms. The fraction of sp³-hybridized carbons (Fsp3) is 0.429. The Hall–Kier alpha value is -1.68. The van der Waals surface area contributed by atoms with Crippen molar-refractivity contribution in [2.24, 2.45) is 0 Å². The summed E-state index contributed by atoms with van der Waals surface area (Å²) in [5.74, 6) is 0.884. The smallest absolute Gasteiger partial charge is 0.260 e. The van der Waals surface area contributed by atoms with E-state index in [2.05, 4.69) is 25.1 Å². The van der Waals surface area contributed by atoms with Crippen molar-refractivity contribution >= 4 is 28.1 Å². The van der Waals surface area contributed by atoms with Crippen LogP contribution < -0.4 is 10.0 Å². The van der Waals surface area contributed by atoms with Crippen molar-refractivity contribution in [1.82, 2.24) is 20.4 Å². The van der Waals surface area contributed by atoms with Crippen molar-refractivity contribution < 1.29 is 12.9 Å². The van der Waals surface area contributed by atoms with Gasteiger partial charge < -0.3 is 9.84 Å². The lowest BCUT2D eigenvalue weighted by atomic mass is 10.1. The number of piperazine rings is 1. The second-order valence-corrected chi connectivity index (χ2v) is 7.33. The molecule has 1 aliphatic heterocycles. The summed E-state index contributed by atoms with van der Waals surface area (Å²) in [6.07, 6.45) is 1.10. The summed E-state index contributed by atoms with van der Waals surface area (Å²) in [5.41, 5.74) is 0.975. The Bertz CT molecular complexity index is 795. The predicted molar refractivity (Wildman–Crippen MR) is 93.7 cm³/mol. The summed E-state index contributed by atoms with van der Waals surface area (Å²) in [6.45, 7) is 2.58. The van der Waals surface area contributed by atoms with Gasteiger partial charge in [0, 0.05) is 19.6 Å². The molecule has 0 aliphatic carbocycles. The molecule has 10 heteroatoms. The first-order valence-electron chi connectivity index (χ1n) is 7.26. The molecule has 1 aromatic carbocycles. The molecular weight excluding hydrogens is 354 g/mol. The number of para-hydroxylation sites is 1. The third kappa shape index (κ3) is 4.23. The van der Waals surface area contributed by atoms with E-state index in [0.717, 1.165) is 25.9 Å². The first-order valence-corrected chi connectivity index (χ1v) is 9.15. The van der Waals surface area contributed by atoms with Crippen LogP contribution in [0.5, 0.6) is 0 Å². The van der Waals surface area contributed by atoms with Gasteiger partial charge in [-0.2, -0.15) is 4.98 Å². The highest BCUT2D eigenvalue weighted by atomic mass is 35.5. The van der Waals surface area contributed by atoms with Crippen LogP contribution in [0, 0.1) is 0 Å². The van der Waals surface area contributed by atoms with Crippen LogP contribution in [0.2, 0.25) is 0 Å². The summed E-state index contributed by atoms with van der Waals surface area (Å²) in [7, 11) is -1.37. The molecule has 2 heterocycles. The zero-order valence-corrected chi connectivity index (χ0v) is 15.0.